The van der Waals surface area contributed by atoms with Gasteiger partial charge in [-0.15, -0.1) is 22.7 Å². The Morgan fingerprint density at radius 1 is 0.611 bits per heavy atom. The van der Waals surface area contributed by atoms with Gasteiger partial charge in [-0.2, -0.15) is 0 Å². The maximum atomic E-state index is 13.5. The van der Waals surface area contributed by atoms with Gasteiger partial charge in [0.15, 0.2) is 0 Å². The summed E-state index contributed by atoms with van der Waals surface area (Å²) in [6, 6.07) is 11.9. The number of thiophene rings is 2. The second kappa shape index (κ2) is 7.94. The van der Waals surface area contributed by atoms with Crippen LogP contribution in [0.4, 0.5) is 0 Å². The minimum Gasteiger partial charge on any atom is -0.460 e. The highest BCUT2D eigenvalue weighted by Gasteiger charge is 2.47. The number of amides is 2. The molecule has 0 aliphatic carbocycles. The van der Waals surface area contributed by atoms with Gasteiger partial charge in [-0.3, -0.25) is 9.59 Å². The molecule has 4 aromatic heterocycles. The molecule has 0 saturated heterocycles. The summed E-state index contributed by atoms with van der Waals surface area (Å²) >= 11 is 3.04. The van der Waals surface area contributed by atoms with Crippen LogP contribution in [-0.4, -0.2) is 35.7 Å². The van der Waals surface area contributed by atoms with Crippen molar-refractivity contribution in [3.05, 3.63) is 79.9 Å². The molecule has 0 saturated carbocycles. The van der Waals surface area contributed by atoms with E-state index < -0.39 is 0 Å². The monoisotopic (exact) mass is 516 g/mol. The topological polar surface area (TPSA) is 66.9 Å². The fraction of sp³-hybridized carbons (Fsp3) is 0.214. The molecule has 0 bridgehead atoms. The summed E-state index contributed by atoms with van der Waals surface area (Å²) in [7, 11) is 3.47. The van der Waals surface area contributed by atoms with Gasteiger partial charge in [0.05, 0.1) is 42.0 Å². The van der Waals surface area contributed by atoms with Crippen molar-refractivity contribution in [2.24, 2.45) is 0 Å². The zero-order valence-corrected chi connectivity index (χ0v) is 22.4. The molecule has 0 spiro atoms. The number of rotatable bonds is 4. The Balaban J connectivity index is 1.47. The molecule has 0 N–H and O–H groups in total. The standard InChI is InChI=1S/C28H24N2O4S2/c1-13-11-15(3)33-25(13)19-9-7-17(35-19)23-21-22(28(32)29(23)5)24(30(6)27(21)31)18-8-10-20(36-18)26-14(2)12-16(4)34-26/h7-12H,1-6H3. The van der Waals surface area contributed by atoms with Gasteiger partial charge < -0.3 is 18.6 Å². The van der Waals surface area contributed by atoms with E-state index in [4.69, 9.17) is 8.83 Å². The molecule has 2 aliphatic heterocycles. The summed E-state index contributed by atoms with van der Waals surface area (Å²) in [5, 5.41) is 0. The molecule has 2 aliphatic rings. The second-order valence-corrected chi connectivity index (χ2v) is 11.4. The normalized spacial score (nSPS) is 15.8. The van der Waals surface area contributed by atoms with Crippen LogP contribution in [0.15, 0.2) is 56.4 Å². The highest BCUT2D eigenvalue weighted by Crippen LogP contribution is 2.49. The van der Waals surface area contributed by atoms with E-state index in [1.54, 1.807) is 23.9 Å². The summed E-state index contributed by atoms with van der Waals surface area (Å²) in [5.41, 5.74) is 4.33. The SMILES string of the molecule is Cc1cc(C)c(-c2ccc(C3=C4C(=O)N(C)C(c5ccc(-c6oc(C)cc6C)s5)=C4C(=O)N3C)s2)o1. The summed E-state index contributed by atoms with van der Waals surface area (Å²) in [5.74, 6) is 3.00. The van der Waals surface area contributed by atoms with Gasteiger partial charge in [-0.25, -0.2) is 0 Å². The van der Waals surface area contributed by atoms with Crippen LogP contribution in [0.3, 0.4) is 0 Å². The van der Waals surface area contributed by atoms with Crippen molar-refractivity contribution in [2.75, 3.05) is 14.1 Å². The molecular formula is C28H24N2O4S2. The molecule has 2 amide bonds. The number of nitrogens with zero attached hydrogens (tertiary/aromatic N) is 2. The average Bonchev–Trinajstić information content (AvgIpc) is 3.65. The van der Waals surface area contributed by atoms with Crippen molar-refractivity contribution in [1.29, 1.82) is 0 Å². The van der Waals surface area contributed by atoms with Crippen LogP contribution < -0.4 is 0 Å². The number of carbonyl (C=O) groups excluding carboxylic acids is 2. The summed E-state index contributed by atoms with van der Waals surface area (Å²) in [4.78, 5) is 33.9. The first kappa shape index (κ1) is 22.8. The lowest BCUT2D eigenvalue weighted by atomic mass is 10.1. The predicted molar refractivity (Wildman–Crippen MR) is 142 cm³/mol. The van der Waals surface area contributed by atoms with Crippen LogP contribution in [0.1, 0.15) is 32.4 Å². The Morgan fingerprint density at radius 3 is 1.31 bits per heavy atom. The second-order valence-electron chi connectivity index (χ2n) is 9.24. The molecule has 4 aromatic rings. The van der Waals surface area contributed by atoms with Gasteiger partial charge in [0.25, 0.3) is 11.8 Å². The van der Waals surface area contributed by atoms with Crippen molar-refractivity contribution in [1.82, 2.24) is 9.80 Å². The number of likely N-dealkylation sites (N-methyl/N-ethyl adjacent to an activating group) is 2. The smallest absolute Gasteiger partial charge is 0.261 e. The Labute approximate surface area is 216 Å². The minimum atomic E-state index is -0.173. The molecule has 8 heteroatoms. The lowest BCUT2D eigenvalue weighted by molar-refractivity contribution is -0.123. The quantitative estimate of drug-likeness (QED) is 0.305. The van der Waals surface area contributed by atoms with E-state index in [0.29, 0.717) is 22.5 Å². The molecule has 182 valence electrons. The molecule has 6 heterocycles. The first-order valence-corrected chi connectivity index (χ1v) is 13.2. The van der Waals surface area contributed by atoms with E-state index >= 15 is 0 Å². The third-order valence-corrected chi connectivity index (χ3v) is 8.82. The van der Waals surface area contributed by atoms with E-state index in [9.17, 15) is 9.59 Å². The van der Waals surface area contributed by atoms with Crippen LogP contribution in [0.5, 0.6) is 0 Å². The van der Waals surface area contributed by atoms with Crippen LogP contribution in [0, 0.1) is 27.7 Å². The van der Waals surface area contributed by atoms with E-state index in [1.165, 1.54) is 22.7 Å². The number of carbonyl (C=O) groups is 2. The molecule has 0 unspecified atom stereocenters. The number of aryl methyl sites for hydroxylation is 4. The Kier molecular flexibility index (Phi) is 5.04. The van der Waals surface area contributed by atoms with Crippen LogP contribution in [0.2, 0.25) is 0 Å². The number of hydrogen-bond acceptors (Lipinski definition) is 6. The van der Waals surface area contributed by atoms with Gasteiger partial charge in [0, 0.05) is 14.1 Å². The maximum Gasteiger partial charge on any atom is 0.261 e. The fourth-order valence-electron chi connectivity index (χ4n) is 5.05. The molecule has 0 atom stereocenters. The fourth-order valence-corrected chi connectivity index (χ4v) is 7.33. The first-order valence-electron chi connectivity index (χ1n) is 11.6. The van der Waals surface area contributed by atoms with E-state index in [0.717, 1.165) is 53.7 Å². The van der Waals surface area contributed by atoms with Crippen molar-refractivity contribution < 1.29 is 18.4 Å². The van der Waals surface area contributed by atoms with Gasteiger partial charge in [0.2, 0.25) is 0 Å². The molecule has 0 fully saturated rings. The van der Waals surface area contributed by atoms with Gasteiger partial charge in [-0.05, 0) is 75.2 Å². The number of fused-ring (bicyclic) bond motifs is 1. The van der Waals surface area contributed by atoms with Crippen LogP contribution in [-0.2, 0) is 9.59 Å². The zero-order valence-electron chi connectivity index (χ0n) is 20.8. The highest BCUT2D eigenvalue weighted by atomic mass is 32.1. The van der Waals surface area contributed by atoms with Crippen molar-refractivity contribution in [2.45, 2.75) is 27.7 Å². The van der Waals surface area contributed by atoms with Crippen molar-refractivity contribution in [3.8, 4) is 21.3 Å². The summed E-state index contributed by atoms with van der Waals surface area (Å²) in [6.07, 6.45) is 0. The third kappa shape index (κ3) is 3.21. The van der Waals surface area contributed by atoms with E-state index in [-0.39, 0.29) is 11.8 Å². The number of hydrogen-bond donors (Lipinski definition) is 0. The Hall–Kier alpha value is -3.62. The number of furan rings is 2. The zero-order chi connectivity index (χ0) is 25.5. The molecule has 0 aromatic carbocycles. The van der Waals surface area contributed by atoms with E-state index in [1.807, 2.05) is 64.1 Å². The largest absolute Gasteiger partial charge is 0.460 e. The van der Waals surface area contributed by atoms with Crippen molar-refractivity contribution >= 4 is 45.9 Å². The third-order valence-electron chi connectivity index (χ3n) is 6.64. The minimum absolute atomic E-state index is 0.173. The highest BCUT2D eigenvalue weighted by molar-refractivity contribution is 7.17. The summed E-state index contributed by atoms with van der Waals surface area (Å²) < 4.78 is 11.8. The molecular weight excluding hydrogens is 492 g/mol. The van der Waals surface area contributed by atoms with Crippen LogP contribution >= 0.6 is 22.7 Å². The van der Waals surface area contributed by atoms with Gasteiger partial charge in [-0.1, -0.05) is 0 Å². The molecule has 36 heavy (non-hydrogen) atoms. The Morgan fingerprint density at radius 2 is 0.972 bits per heavy atom. The predicted octanol–water partition coefficient (Wildman–Crippen LogP) is 6.63. The van der Waals surface area contributed by atoms with Gasteiger partial charge >= 0.3 is 0 Å². The summed E-state index contributed by atoms with van der Waals surface area (Å²) in [6.45, 7) is 7.88. The molecule has 6 rings (SSSR count). The van der Waals surface area contributed by atoms with Crippen molar-refractivity contribution in [3.63, 3.8) is 0 Å². The first-order chi connectivity index (χ1) is 17.2. The average molecular weight is 517 g/mol. The molecule has 0 radical (unpaired) electrons. The van der Waals surface area contributed by atoms with Gasteiger partial charge in [0.1, 0.15) is 23.0 Å². The molecule has 6 nitrogen and oxygen atoms in total. The maximum absolute atomic E-state index is 13.5. The lowest BCUT2D eigenvalue weighted by Gasteiger charge is -2.18. The lowest BCUT2D eigenvalue weighted by Crippen LogP contribution is -2.24. The van der Waals surface area contributed by atoms with Crippen LogP contribution in [0.25, 0.3) is 32.7 Å². The van der Waals surface area contributed by atoms with E-state index in [2.05, 4.69) is 0 Å². The Bertz CT molecular complexity index is 1530.